The summed E-state index contributed by atoms with van der Waals surface area (Å²) in [7, 11) is 0. The number of rotatable bonds is 14. The maximum atomic E-state index is 11.2. The van der Waals surface area contributed by atoms with E-state index < -0.39 is 5.97 Å². The number of carboxylic acids is 1. The van der Waals surface area contributed by atoms with Gasteiger partial charge in [-0.3, -0.25) is 4.79 Å². The molecule has 0 aromatic carbocycles. The normalized spacial score (nSPS) is 10.3. The van der Waals surface area contributed by atoms with E-state index in [2.05, 4.69) is 39.1 Å². The Kier molecular flexibility index (Phi) is 24.9. The van der Waals surface area contributed by atoms with Crippen LogP contribution >= 0.6 is 0 Å². The van der Waals surface area contributed by atoms with E-state index in [4.69, 9.17) is 4.74 Å². The van der Waals surface area contributed by atoms with Gasteiger partial charge in [0.15, 0.2) is 0 Å². The lowest BCUT2D eigenvalue weighted by Crippen LogP contribution is -2.08. The lowest BCUT2D eigenvalue weighted by Gasteiger charge is -2.15. The Morgan fingerprint density at radius 3 is 2.14 bits per heavy atom. The minimum atomic E-state index is -0.802. The summed E-state index contributed by atoms with van der Waals surface area (Å²) >= 11 is 0. The molecular formula is C28H51N5O3. The molecule has 8 heteroatoms. The molecule has 8 nitrogen and oxygen atoms in total. The molecule has 2 rings (SSSR count). The summed E-state index contributed by atoms with van der Waals surface area (Å²) < 4.78 is 5.25. The second kappa shape index (κ2) is 25.3. The van der Waals surface area contributed by atoms with Crippen LogP contribution in [0.5, 0.6) is 6.01 Å². The molecule has 2 N–H and O–H groups in total. The van der Waals surface area contributed by atoms with Gasteiger partial charge in [0.25, 0.3) is 0 Å². The van der Waals surface area contributed by atoms with Crippen LogP contribution < -0.4 is 10.1 Å². The maximum absolute atomic E-state index is 11.2. The lowest BCUT2D eigenvalue weighted by molar-refractivity contribution is -0.137. The Morgan fingerprint density at radius 1 is 0.972 bits per heavy atom. The van der Waals surface area contributed by atoms with Gasteiger partial charge in [-0.2, -0.15) is 0 Å². The van der Waals surface area contributed by atoms with Gasteiger partial charge in [0.05, 0.1) is 13.0 Å². The molecule has 1 unspecified atom stereocenters. The molecule has 0 fully saturated rings. The van der Waals surface area contributed by atoms with E-state index in [9.17, 15) is 9.90 Å². The molecule has 1 atom stereocenters. The van der Waals surface area contributed by atoms with E-state index in [0.29, 0.717) is 18.6 Å². The Morgan fingerprint density at radius 2 is 1.58 bits per heavy atom. The Balaban J connectivity index is 0. The molecule has 2 aromatic heterocycles. The van der Waals surface area contributed by atoms with Gasteiger partial charge in [0.1, 0.15) is 0 Å². The third kappa shape index (κ3) is 17.6. The molecule has 0 aliphatic rings. The van der Waals surface area contributed by atoms with E-state index >= 15 is 0 Å². The number of nitrogens with zero attached hydrogens (tertiary/aromatic N) is 4. The van der Waals surface area contributed by atoms with Crippen molar-refractivity contribution in [3.05, 3.63) is 35.9 Å². The highest BCUT2D eigenvalue weighted by Crippen LogP contribution is 2.26. The Labute approximate surface area is 219 Å². The number of carbonyl (C=O) groups is 1. The number of nitrogens with one attached hydrogen (secondary N) is 1. The van der Waals surface area contributed by atoms with Crippen molar-refractivity contribution in [1.29, 1.82) is 0 Å². The second-order valence-corrected chi connectivity index (χ2v) is 7.59. The summed E-state index contributed by atoms with van der Waals surface area (Å²) in [5.74, 6) is -0.198. The molecule has 0 amide bonds. The molecule has 0 radical (unpaired) electrons. The third-order valence-corrected chi connectivity index (χ3v) is 4.60. The fourth-order valence-electron chi connectivity index (χ4n) is 3.17. The first-order chi connectivity index (χ1) is 17.5. The average molecular weight is 506 g/mol. The topological polar surface area (TPSA) is 110 Å². The molecule has 0 aliphatic carbocycles. The fraction of sp³-hybridized carbons (Fsp3) is 0.679. The van der Waals surface area contributed by atoms with E-state index in [-0.39, 0.29) is 12.3 Å². The van der Waals surface area contributed by atoms with Gasteiger partial charge < -0.3 is 15.2 Å². The molecular weight excluding hydrogens is 454 g/mol. The molecule has 206 valence electrons. The van der Waals surface area contributed by atoms with Crippen LogP contribution in [-0.2, 0) is 11.2 Å². The van der Waals surface area contributed by atoms with Crippen LogP contribution in [0.15, 0.2) is 24.7 Å². The number of aromatic nitrogens is 4. The molecule has 0 saturated carbocycles. The monoisotopic (exact) mass is 505 g/mol. The van der Waals surface area contributed by atoms with Crippen molar-refractivity contribution in [2.75, 3.05) is 18.5 Å². The minimum Gasteiger partial charge on any atom is -0.481 e. The van der Waals surface area contributed by atoms with Crippen molar-refractivity contribution in [1.82, 2.24) is 19.9 Å². The standard InChI is InChI=1S/C21H31N5O3.C3H8.2C2H6/c1-3-22-20-23-12-11-18(26-20)10-8-6-5-7-9-16(13-19(27)28)17-14-24-21(25-15-17)29-4-2;1-3-2;2*1-2/h11-12,14-16H,3-10,13H2,1-2H3,(H,27,28)(H,22,23,26);3H2,1-2H3;2*1-2H3. The van der Waals surface area contributed by atoms with E-state index in [1.807, 2.05) is 47.6 Å². The van der Waals surface area contributed by atoms with Gasteiger partial charge in [0, 0.05) is 30.8 Å². The van der Waals surface area contributed by atoms with E-state index in [1.165, 1.54) is 6.42 Å². The van der Waals surface area contributed by atoms with Crippen LogP contribution in [0.25, 0.3) is 0 Å². The van der Waals surface area contributed by atoms with Crippen molar-refractivity contribution in [2.45, 2.75) is 113 Å². The lowest BCUT2D eigenvalue weighted by atomic mass is 9.92. The zero-order valence-corrected chi connectivity index (χ0v) is 24.0. The number of ether oxygens (including phenoxy) is 1. The minimum absolute atomic E-state index is 0.0762. The summed E-state index contributed by atoms with van der Waals surface area (Å²) in [6.45, 7) is 17.5. The molecule has 0 saturated heterocycles. The smallest absolute Gasteiger partial charge is 0.316 e. The molecule has 36 heavy (non-hydrogen) atoms. The first-order valence-corrected chi connectivity index (χ1v) is 13.8. The fourth-order valence-corrected chi connectivity index (χ4v) is 3.17. The van der Waals surface area contributed by atoms with Crippen LogP contribution in [0.3, 0.4) is 0 Å². The van der Waals surface area contributed by atoms with Gasteiger partial charge in [-0.25, -0.2) is 19.9 Å². The molecule has 0 spiro atoms. The first kappa shape index (κ1) is 35.4. The van der Waals surface area contributed by atoms with Gasteiger partial charge in [-0.15, -0.1) is 0 Å². The van der Waals surface area contributed by atoms with Crippen molar-refractivity contribution >= 4 is 11.9 Å². The summed E-state index contributed by atoms with van der Waals surface area (Å²) in [6.07, 6.45) is 12.4. The number of unbranched alkanes of at least 4 members (excludes halogenated alkanes) is 3. The third-order valence-electron chi connectivity index (χ3n) is 4.60. The largest absolute Gasteiger partial charge is 0.481 e. The number of anilines is 1. The zero-order chi connectivity index (χ0) is 27.6. The number of hydrogen-bond acceptors (Lipinski definition) is 7. The zero-order valence-electron chi connectivity index (χ0n) is 24.0. The Hall–Kier alpha value is -2.77. The average Bonchev–Trinajstić information content (AvgIpc) is 2.89. The second-order valence-electron chi connectivity index (χ2n) is 7.59. The number of carboxylic acid groups (broad SMARTS) is 1. The highest BCUT2D eigenvalue weighted by atomic mass is 16.5. The summed E-state index contributed by atoms with van der Waals surface area (Å²) in [6, 6.07) is 2.28. The van der Waals surface area contributed by atoms with Crippen molar-refractivity contribution < 1.29 is 14.6 Å². The van der Waals surface area contributed by atoms with Gasteiger partial charge >= 0.3 is 12.0 Å². The maximum Gasteiger partial charge on any atom is 0.316 e. The first-order valence-electron chi connectivity index (χ1n) is 13.8. The van der Waals surface area contributed by atoms with E-state index in [0.717, 1.165) is 56.3 Å². The number of hydrogen-bond donors (Lipinski definition) is 2. The SMILES string of the molecule is CC.CC.CCC.CCNc1nccc(CCCCCCC(CC(=O)O)c2cnc(OCC)nc2)n1. The van der Waals surface area contributed by atoms with Crippen LogP contribution in [0.4, 0.5) is 5.95 Å². The predicted octanol–water partition coefficient (Wildman–Crippen LogP) is 7.32. The van der Waals surface area contributed by atoms with Gasteiger partial charge in [-0.05, 0) is 50.7 Å². The summed E-state index contributed by atoms with van der Waals surface area (Å²) in [5.41, 5.74) is 1.90. The van der Waals surface area contributed by atoms with Crippen LogP contribution in [0.1, 0.15) is 118 Å². The highest BCUT2D eigenvalue weighted by Gasteiger charge is 2.16. The molecule has 2 heterocycles. The van der Waals surface area contributed by atoms with Crippen LogP contribution in [-0.4, -0.2) is 44.2 Å². The van der Waals surface area contributed by atoms with Gasteiger partial charge in [0.2, 0.25) is 5.95 Å². The van der Waals surface area contributed by atoms with Crippen molar-refractivity contribution in [3.8, 4) is 6.01 Å². The molecule has 2 aromatic rings. The quantitative estimate of drug-likeness (QED) is 0.257. The highest BCUT2D eigenvalue weighted by molar-refractivity contribution is 5.68. The molecule has 0 bridgehead atoms. The number of aryl methyl sites for hydroxylation is 1. The van der Waals surface area contributed by atoms with Crippen LogP contribution in [0, 0.1) is 0 Å². The molecule has 0 aliphatic heterocycles. The van der Waals surface area contributed by atoms with Gasteiger partial charge in [-0.1, -0.05) is 67.2 Å². The van der Waals surface area contributed by atoms with E-state index in [1.54, 1.807) is 18.6 Å². The summed E-state index contributed by atoms with van der Waals surface area (Å²) in [5, 5.41) is 12.4. The van der Waals surface area contributed by atoms with Crippen molar-refractivity contribution in [3.63, 3.8) is 0 Å². The predicted molar refractivity (Wildman–Crippen MR) is 150 cm³/mol. The van der Waals surface area contributed by atoms with Crippen LogP contribution in [0.2, 0.25) is 0 Å². The number of aliphatic carboxylic acids is 1. The Bertz CT molecular complexity index is 757. The summed E-state index contributed by atoms with van der Waals surface area (Å²) in [4.78, 5) is 28.2. The van der Waals surface area contributed by atoms with Crippen molar-refractivity contribution in [2.24, 2.45) is 0 Å².